The summed E-state index contributed by atoms with van der Waals surface area (Å²) in [7, 11) is 0. The molecule has 0 atom stereocenters. The first-order valence-corrected chi connectivity index (χ1v) is 6.15. The summed E-state index contributed by atoms with van der Waals surface area (Å²) in [6, 6.07) is 2.36. The van der Waals surface area contributed by atoms with Crippen LogP contribution in [0.25, 0.3) is 0 Å². The molecule has 0 aliphatic carbocycles. The van der Waals surface area contributed by atoms with E-state index in [1.807, 2.05) is 13.8 Å². The molecule has 2 aromatic rings. The van der Waals surface area contributed by atoms with Gasteiger partial charge in [-0.3, -0.25) is 4.79 Å². The summed E-state index contributed by atoms with van der Waals surface area (Å²) in [5, 5.41) is 16.8. The molecule has 0 fully saturated rings. The molecule has 2 aromatic heterocycles. The van der Waals surface area contributed by atoms with Crippen molar-refractivity contribution >= 4 is 5.97 Å². The lowest BCUT2D eigenvalue weighted by Gasteiger charge is -2.09. The van der Waals surface area contributed by atoms with Crippen molar-refractivity contribution in [3.63, 3.8) is 0 Å². The standard InChI is InChI=1S/C12H15N5O3/c1-8(2)5-16-10(13-7-14-16)6-17-11(18)4-3-9(15-17)12(19)20/h3-4,7-8H,5-6H2,1-2H3,(H,19,20). The Morgan fingerprint density at radius 1 is 1.35 bits per heavy atom. The third kappa shape index (κ3) is 3.08. The molecule has 0 aliphatic heterocycles. The highest BCUT2D eigenvalue weighted by atomic mass is 16.4. The summed E-state index contributed by atoms with van der Waals surface area (Å²) in [6.45, 7) is 4.84. The van der Waals surface area contributed by atoms with Gasteiger partial charge in [0.25, 0.3) is 5.56 Å². The zero-order valence-electron chi connectivity index (χ0n) is 11.2. The van der Waals surface area contributed by atoms with Gasteiger partial charge in [0.05, 0.1) is 0 Å². The van der Waals surface area contributed by atoms with Gasteiger partial charge in [-0.1, -0.05) is 13.8 Å². The van der Waals surface area contributed by atoms with Crippen LogP contribution < -0.4 is 5.56 Å². The van der Waals surface area contributed by atoms with Crippen molar-refractivity contribution in [2.45, 2.75) is 26.9 Å². The minimum absolute atomic E-state index is 0.0900. The largest absolute Gasteiger partial charge is 0.476 e. The maximum atomic E-state index is 11.7. The molecule has 8 heteroatoms. The SMILES string of the molecule is CC(C)Cn1ncnc1Cn1nc(C(=O)O)ccc1=O. The Kier molecular flexibility index (Phi) is 3.92. The van der Waals surface area contributed by atoms with Gasteiger partial charge in [0.1, 0.15) is 18.7 Å². The van der Waals surface area contributed by atoms with Gasteiger partial charge < -0.3 is 5.11 Å². The Balaban J connectivity index is 2.30. The minimum atomic E-state index is -1.18. The summed E-state index contributed by atoms with van der Waals surface area (Å²) in [5.74, 6) is -0.233. The van der Waals surface area contributed by atoms with Crippen molar-refractivity contribution in [3.8, 4) is 0 Å². The summed E-state index contributed by atoms with van der Waals surface area (Å²) >= 11 is 0. The summed E-state index contributed by atoms with van der Waals surface area (Å²) < 4.78 is 2.76. The molecule has 0 unspecified atom stereocenters. The van der Waals surface area contributed by atoms with E-state index in [0.29, 0.717) is 18.3 Å². The van der Waals surface area contributed by atoms with Crippen molar-refractivity contribution in [1.82, 2.24) is 24.5 Å². The second-order valence-corrected chi connectivity index (χ2v) is 4.77. The van der Waals surface area contributed by atoms with E-state index >= 15 is 0 Å². The average molecular weight is 277 g/mol. The highest BCUT2D eigenvalue weighted by Crippen LogP contribution is 2.02. The highest BCUT2D eigenvalue weighted by molar-refractivity contribution is 5.84. The van der Waals surface area contributed by atoms with Crippen molar-refractivity contribution < 1.29 is 9.90 Å². The molecule has 8 nitrogen and oxygen atoms in total. The maximum absolute atomic E-state index is 11.7. The zero-order valence-corrected chi connectivity index (χ0v) is 11.2. The number of carboxylic acids is 1. The third-order valence-corrected chi connectivity index (χ3v) is 2.61. The van der Waals surface area contributed by atoms with E-state index in [-0.39, 0.29) is 17.8 Å². The van der Waals surface area contributed by atoms with E-state index in [9.17, 15) is 9.59 Å². The molecule has 0 amide bonds. The Morgan fingerprint density at radius 3 is 2.75 bits per heavy atom. The van der Waals surface area contributed by atoms with Crippen molar-refractivity contribution in [3.05, 3.63) is 40.3 Å². The molecule has 0 saturated carbocycles. The first-order chi connectivity index (χ1) is 9.47. The van der Waals surface area contributed by atoms with Crippen LogP contribution in [0.4, 0.5) is 0 Å². The van der Waals surface area contributed by atoms with Crippen LogP contribution in [0.1, 0.15) is 30.2 Å². The number of carbonyl (C=O) groups is 1. The van der Waals surface area contributed by atoms with Crippen LogP contribution in [0.3, 0.4) is 0 Å². The van der Waals surface area contributed by atoms with Gasteiger partial charge in [-0.15, -0.1) is 0 Å². The topological polar surface area (TPSA) is 103 Å². The molecular formula is C12H15N5O3. The molecule has 0 bridgehead atoms. The fourth-order valence-corrected chi connectivity index (χ4v) is 1.72. The molecule has 20 heavy (non-hydrogen) atoms. The molecule has 0 radical (unpaired) electrons. The molecule has 0 saturated heterocycles. The zero-order chi connectivity index (χ0) is 14.7. The van der Waals surface area contributed by atoms with Gasteiger partial charge in [-0.25, -0.2) is 19.1 Å². The van der Waals surface area contributed by atoms with Gasteiger partial charge in [0, 0.05) is 12.6 Å². The fourth-order valence-electron chi connectivity index (χ4n) is 1.72. The van der Waals surface area contributed by atoms with Crippen LogP contribution in [-0.4, -0.2) is 35.6 Å². The van der Waals surface area contributed by atoms with E-state index < -0.39 is 5.97 Å². The lowest BCUT2D eigenvalue weighted by atomic mass is 10.2. The van der Waals surface area contributed by atoms with Crippen molar-refractivity contribution in [2.75, 3.05) is 0 Å². The van der Waals surface area contributed by atoms with Crippen molar-refractivity contribution in [1.29, 1.82) is 0 Å². The molecule has 106 valence electrons. The van der Waals surface area contributed by atoms with Gasteiger partial charge in [-0.05, 0) is 12.0 Å². The van der Waals surface area contributed by atoms with Crippen LogP contribution in [0.15, 0.2) is 23.3 Å². The van der Waals surface area contributed by atoms with Crippen LogP contribution in [0, 0.1) is 5.92 Å². The Morgan fingerprint density at radius 2 is 2.10 bits per heavy atom. The van der Waals surface area contributed by atoms with Gasteiger partial charge in [0.15, 0.2) is 5.69 Å². The summed E-state index contributed by atoms with van der Waals surface area (Å²) in [4.78, 5) is 26.7. The van der Waals surface area contributed by atoms with Crippen LogP contribution in [0.5, 0.6) is 0 Å². The number of nitrogens with zero attached hydrogens (tertiary/aromatic N) is 5. The molecule has 2 heterocycles. The average Bonchev–Trinajstić information content (AvgIpc) is 2.78. The normalized spacial score (nSPS) is 10.9. The van der Waals surface area contributed by atoms with Crippen LogP contribution in [0.2, 0.25) is 0 Å². The van der Waals surface area contributed by atoms with E-state index in [1.54, 1.807) is 4.68 Å². The lowest BCUT2D eigenvalue weighted by Crippen LogP contribution is -2.26. The first-order valence-electron chi connectivity index (χ1n) is 6.15. The third-order valence-electron chi connectivity index (χ3n) is 2.61. The Hall–Kier alpha value is -2.51. The maximum Gasteiger partial charge on any atom is 0.356 e. The van der Waals surface area contributed by atoms with Crippen molar-refractivity contribution in [2.24, 2.45) is 5.92 Å². The highest BCUT2D eigenvalue weighted by Gasteiger charge is 2.11. The lowest BCUT2D eigenvalue weighted by molar-refractivity contribution is 0.0687. The molecule has 1 N–H and O–H groups in total. The summed E-state index contributed by atoms with van der Waals surface area (Å²) in [6.07, 6.45) is 1.41. The van der Waals surface area contributed by atoms with Gasteiger partial charge in [-0.2, -0.15) is 10.2 Å². The molecule has 0 spiro atoms. The smallest absolute Gasteiger partial charge is 0.356 e. The van der Waals surface area contributed by atoms with Gasteiger partial charge in [0.2, 0.25) is 0 Å². The quantitative estimate of drug-likeness (QED) is 0.839. The minimum Gasteiger partial charge on any atom is -0.476 e. The monoisotopic (exact) mass is 277 g/mol. The molecule has 0 aromatic carbocycles. The van der Waals surface area contributed by atoms with E-state index in [2.05, 4.69) is 15.2 Å². The Labute approximate surface area is 114 Å². The predicted molar refractivity (Wildman–Crippen MR) is 69.4 cm³/mol. The second kappa shape index (κ2) is 5.64. The molecule has 2 rings (SSSR count). The summed E-state index contributed by atoms with van der Waals surface area (Å²) in [5.41, 5.74) is -0.561. The number of carboxylic acid groups (broad SMARTS) is 1. The van der Waals surface area contributed by atoms with Gasteiger partial charge >= 0.3 is 5.97 Å². The van der Waals surface area contributed by atoms with Crippen LogP contribution in [-0.2, 0) is 13.1 Å². The number of aromatic carboxylic acids is 1. The second-order valence-electron chi connectivity index (χ2n) is 4.77. The van der Waals surface area contributed by atoms with E-state index in [0.717, 1.165) is 4.68 Å². The fraction of sp³-hybridized carbons (Fsp3) is 0.417. The Bertz CT molecular complexity index is 674. The molecular weight excluding hydrogens is 262 g/mol. The van der Waals surface area contributed by atoms with Crippen LogP contribution >= 0.6 is 0 Å². The number of hydrogen-bond acceptors (Lipinski definition) is 5. The molecule has 0 aliphatic rings. The van der Waals surface area contributed by atoms with E-state index in [4.69, 9.17) is 5.11 Å². The number of hydrogen-bond donors (Lipinski definition) is 1. The predicted octanol–water partition coefficient (Wildman–Crippen LogP) is 0.237. The number of rotatable bonds is 5. The first kappa shape index (κ1) is 13.9. The van der Waals surface area contributed by atoms with E-state index in [1.165, 1.54) is 18.5 Å². The number of aromatic nitrogens is 5.